The van der Waals surface area contributed by atoms with Gasteiger partial charge >= 0.3 is 0 Å². The molecule has 0 unspecified atom stereocenters. The molecule has 1 N–H and O–H groups in total. The molecule has 29 heavy (non-hydrogen) atoms. The van der Waals surface area contributed by atoms with E-state index in [0.29, 0.717) is 17.0 Å². The molecule has 154 valence electrons. The number of thiophene rings is 1. The molecule has 0 bridgehead atoms. The minimum Gasteiger partial charge on any atom is -0.269 e. The van der Waals surface area contributed by atoms with Crippen molar-refractivity contribution in [1.29, 1.82) is 5.26 Å². The number of hydrogen-bond acceptors (Lipinski definition) is 6. The van der Waals surface area contributed by atoms with Crippen LogP contribution in [0, 0.1) is 39.7 Å². The van der Waals surface area contributed by atoms with Crippen molar-refractivity contribution < 1.29 is 13.3 Å². The summed E-state index contributed by atoms with van der Waals surface area (Å²) in [4.78, 5) is 11.3. The Bertz CT molecular complexity index is 1120. The summed E-state index contributed by atoms with van der Waals surface area (Å²) in [6, 6.07) is 5.88. The number of anilines is 1. The van der Waals surface area contributed by atoms with Gasteiger partial charge in [-0.1, -0.05) is 26.8 Å². The van der Waals surface area contributed by atoms with Crippen LogP contribution >= 0.6 is 11.3 Å². The van der Waals surface area contributed by atoms with Crippen LogP contribution in [-0.2, 0) is 22.9 Å². The molecular formula is C20H23N3O4S2. The average Bonchev–Trinajstić information content (AvgIpc) is 2.96. The molecule has 2 aromatic rings. The van der Waals surface area contributed by atoms with Crippen LogP contribution in [0.4, 0.5) is 10.7 Å². The zero-order chi connectivity index (χ0) is 21.6. The maximum absolute atomic E-state index is 13.0. The van der Waals surface area contributed by atoms with Crippen molar-refractivity contribution >= 4 is 32.0 Å². The molecule has 1 aliphatic carbocycles. The molecule has 0 amide bonds. The predicted octanol–water partition coefficient (Wildman–Crippen LogP) is 4.79. The SMILES string of the molecule is Cc1ccc([N+](=O)[O-])cc1S(=O)(=O)Nc1sc2c(c1C#N)CC[C@@H](C(C)(C)C)C2. The highest BCUT2D eigenvalue weighted by Crippen LogP contribution is 2.44. The van der Waals surface area contributed by atoms with E-state index >= 15 is 0 Å². The number of nitro benzene ring substituents is 1. The van der Waals surface area contributed by atoms with E-state index in [1.807, 2.05) is 0 Å². The van der Waals surface area contributed by atoms with Crippen LogP contribution in [-0.4, -0.2) is 13.3 Å². The number of benzene rings is 1. The first-order chi connectivity index (χ1) is 13.4. The van der Waals surface area contributed by atoms with Gasteiger partial charge in [0.15, 0.2) is 0 Å². The summed E-state index contributed by atoms with van der Waals surface area (Å²) in [6.07, 6.45) is 2.52. The number of fused-ring (bicyclic) bond motifs is 1. The highest BCUT2D eigenvalue weighted by molar-refractivity contribution is 7.93. The van der Waals surface area contributed by atoms with Crippen LogP contribution in [0.1, 0.15) is 48.8 Å². The third-order valence-corrected chi connectivity index (χ3v) is 8.29. The highest BCUT2D eigenvalue weighted by atomic mass is 32.2. The summed E-state index contributed by atoms with van der Waals surface area (Å²) in [5.41, 5.74) is 1.52. The lowest BCUT2D eigenvalue weighted by molar-refractivity contribution is -0.385. The van der Waals surface area contributed by atoms with E-state index < -0.39 is 14.9 Å². The molecule has 1 heterocycles. The van der Waals surface area contributed by atoms with Crippen molar-refractivity contribution in [2.45, 2.75) is 51.9 Å². The zero-order valence-electron chi connectivity index (χ0n) is 16.8. The third kappa shape index (κ3) is 4.14. The lowest BCUT2D eigenvalue weighted by atomic mass is 9.72. The van der Waals surface area contributed by atoms with Gasteiger partial charge in [-0.05, 0) is 48.6 Å². The molecule has 0 saturated heterocycles. The summed E-state index contributed by atoms with van der Waals surface area (Å²) >= 11 is 1.30. The fourth-order valence-corrected chi connectivity index (χ4v) is 6.53. The summed E-state index contributed by atoms with van der Waals surface area (Å²) in [5.74, 6) is 0.462. The van der Waals surface area contributed by atoms with Gasteiger partial charge in [0, 0.05) is 17.0 Å². The number of nitrogens with zero attached hydrogens (tertiary/aromatic N) is 2. The Labute approximate surface area is 174 Å². The van der Waals surface area contributed by atoms with Gasteiger partial charge in [0.05, 0.1) is 15.4 Å². The second kappa shape index (κ2) is 7.43. The zero-order valence-corrected chi connectivity index (χ0v) is 18.4. The summed E-state index contributed by atoms with van der Waals surface area (Å²) < 4.78 is 28.4. The van der Waals surface area contributed by atoms with Crippen molar-refractivity contribution in [3.8, 4) is 6.07 Å². The molecule has 1 aromatic carbocycles. The van der Waals surface area contributed by atoms with Crippen molar-refractivity contribution in [3.05, 3.63) is 49.9 Å². The van der Waals surface area contributed by atoms with Crippen LogP contribution in [0.2, 0.25) is 0 Å². The normalized spacial score (nSPS) is 16.7. The Morgan fingerprint density at radius 3 is 2.62 bits per heavy atom. The summed E-state index contributed by atoms with van der Waals surface area (Å²) in [7, 11) is -4.07. The minimum absolute atomic E-state index is 0.133. The second-order valence-corrected chi connectivity index (χ2v) is 11.2. The first-order valence-electron chi connectivity index (χ1n) is 9.26. The molecule has 0 fully saturated rings. The molecule has 0 spiro atoms. The van der Waals surface area contributed by atoms with Gasteiger partial charge in [0.25, 0.3) is 15.7 Å². The van der Waals surface area contributed by atoms with E-state index in [-0.39, 0.29) is 21.0 Å². The van der Waals surface area contributed by atoms with Gasteiger partial charge in [-0.3, -0.25) is 14.8 Å². The molecule has 1 aliphatic rings. The third-order valence-electron chi connectivity index (χ3n) is 5.50. The fourth-order valence-electron chi connectivity index (χ4n) is 3.68. The average molecular weight is 434 g/mol. The van der Waals surface area contributed by atoms with Gasteiger partial charge in [-0.15, -0.1) is 11.3 Å². The Hall–Kier alpha value is -2.44. The Morgan fingerprint density at radius 1 is 1.34 bits per heavy atom. The van der Waals surface area contributed by atoms with E-state index in [0.717, 1.165) is 35.8 Å². The molecule has 7 nitrogen and oxygen atoms in total. The summed E-state index contributed by atoms with van der Waals surface area (Å²) in [6.45, 7) is 8.15. The number of nitro groups is 1. The van der Waals surface area contributed by atoms with Crippen LogP contribution in [0.25, 0.3) is 0 Å². The number of nitriles is 1. The van der Waals surface area contributed by atoms with Gasteiger partial charge < -0.3 is 0 Å². The number of rotatable bonds is 4. The number of sulfonamides is 1. The topological polar surface area (TPSA) is 113 Å². The van der Waals surface area contributed by atoms with Gasteiger partial charge in [-0.2, -0.15) is 5.26 Å². The fraction of sp³-hybridized carbons (Fsp3) is 0.450. The quantitative estimate of drug-likeness (QED) is 0.550. The van der Waals surface area contributed by atoms with Crippen LogP contribution in [0.3, 0.4) is 0 Å². The maximum atomic E-state index is 13.0. The van der Waals surface area contributed by atoms with Crippen molar-refractivity contribution in [2.24, 2.45) is 11.3 Å². The molecular weight excluding hydrogens is 410 g/mol. The Morgan fingerprint density at radius 2 is 2.03 bits per heavy atom. The van der Waals surface area contributed by atoms with E-state index in [1.165, 1.54) is 23.5 Å². The molecule has 0 radical (unpaired) electrons. The largest absolute Gasteiger partial charge is 0.270 e. The Balaban J connectivity index is 1.99. The monoisotopic (exact) mass is 433 g/mol. The molecule has 1 aromatic heterocycles. The van der Waals surface area contributed by atoms with Crippen LogP contribution in [0.5, 0.6) is 0 Å². The van der Waals surface area contributed by atoms with Gasteiger partial charge in [0.2, 0.25) is 0 Å². The minimum atomic E-state index is -4.07. The molecule has 9 heteroatoms. The molecule has 0 saturated carbocycles. The van der Waals surface area contributed by atoms with Crippen LogP contribution in [0.15, 0.2) is 23.1 Å². The molecule has 1 atom stereocenters. The smallest absolute Gasteiger partial charge is 0.269 e. The van der Waals surface area contributed by atoms with Gasteiger partial charge in [0.1, 0.15) is 11.1 Å². The van der Waals surface area contributed by atoms with E-state index in [2.05, 4.69) is 31.6 Å². The number of nitrogens with one attached hydrogen (secondary N) is 1. The second-order valence-electron chi connectivity index (χ2n) is 8.44. The van der Waals surface area contributed by atoms with Crippen LogP contribution < -0.4 is 4.72 Å². The lowest BCUT2D eigenvalue weighted by Crippen LogP contribution is -2.26. The van der Waals surface area contributed by atoms with Crippen molar-refractivity contribution in [1.82, 2.24) is 0 Å². The lowest BCUT2D eigenvalue weighted by Gasteiger charge is -2.33. The van der Waals surface area contributed by atoms with Gasteiger partial charge in [-0.25, -0.2) is 8.42 Å². The summed E-state index contributed by atoms with van der Waals surface area (Å²) in [5, 5.41) is 21.0. The van der Waals surface area contributed by atoms with Crippen molar-refractivity contribution in [3.63, 3.8) is 0 Å². The van der Waals surface area contributed by atoms with E-state index in [9.17, 15) is 23.8 Å². The van der Waals surface area contributed by atoms with Crippen molar-refractivity contribution in [2.75, 3.05) is 4.72 Å². The Kier molecular flexibility index (Phi) is 5.45. The van der Waals surface area contributed by atoms with E-state index in [4.69, 9.17) is 0 Å². The standard InChI is InChI=1S/C20H23N3O4S2/c1-12-5-7-14(23(24)25)10-18(12)29(26,27)22-19-16(11-21)15-8-6-13(20(2,3)4)9-17(15)28-19/h5,7,10,13,22H,6,8-9H2,1-4H3/t13-/m1/s1. The molecule has 3 rings (SSSR count). The predicted molar refractivity (Wildman–Crippen MR) is 113 cm³/mol. The maximum Gasteiger partial charge on any atom is 0.270 e. The first-order valence-corrected chi connectivity index (χ1v) is 11.6. The number of hydrogen-bond donors (Lipinski definition) is 1. The number of aryl methyl sites for hydroxylation is 1. The van der Waals surface area contributed by atoms with E-state index in [1.54, 1.807) is 6.92 Å². The highest BCUT2D eigenvalue weighted by Gasteiger charge is 2.33. The number of non-ortho nitro benzene ring substituents is 1. The first kappa shape index (κ1) is 21.3. The molecule has 0 aliphatic heterocycles.